The van der Waals surface area contributed by atoms with E-state index in [0.29, 0.717) is 6.04 Å². The van der Waals surface area contributed by atoms with Gasteiger partial charge in [-0.15, -0.1) is 6.42 Å². The lowest BCUT2D eigenvalue weighted by atomic mass is 9.86. The lowest BCUT2D eigenvalue weighted by Gasteiger charge is -2.32. The fraction of sp³-hybridized carbons (Fsp3) is 0.727. The first kappa shape index (κ1) is 10.1. The molecule has 2 heteroatoms. The molecule has 1 amide bonds. The lowest BCUT2D eigenvalue weighted by molar-refractivity contribution is -0.126. The maximum Gasteiger partial charge on any atom is 0.298 e. The van der Waals surface area contributed by atoms with Gasteiger partial charge in [0.1, 0.15) is 0 Å². The van der Waals surface area contributed by atoms with Crippen LogP contribution < -0.4 is 0 Å². The molecule has 2 nitrogen and oxygen atoms in total. The number of carbonyl (C=O) groups excluding carboxylic acids is 1. The number of nitrogens with zero attached hydrogens (tertiary/aromatic N) is 1. The molecule has 13 heavy (non-hydrogen) atoms. The minimum atomic E-state index is -0.181. The first-order valence-corrected chi connectivity index (χ1v) is 4.88. The minimum Gasteiger partial charge on any atom is -0.332 e. The van der Waals surface area contributed by atoms with Crippen LogP contribution in [0.5, 0.6) is 0 Å². The normalized spacial score (nSPS) is 27.8. The van der Waals surface area contributed by atoms with Gasteiger partial charge in [0, 0.05) is 13.1 Å². The third-order valence-electron chi connectivity index (χ3n) is 2.90. The summed E-state index contributed by atoms with van der Waals surface area (Å²) in [4.78, 5) is 12.9. The zero-order valence-electron chi connectivity index (χ0n) is 8.42. The second-order valence-electron chi connectivity index (χ2n) is 3.99. The topological polar surface area (TPSA) is 20.3 Å². The Kier molecular flexibility index (Phi) is 3.36. The first-order valence-electron chi connectivity index (χ1n) is 4.88. The first-order chi connectivity index (χ1) is 6.15. The monoisotopic (exact) mass is 179 g/mol. The third kappa shape index (κ3) is 2.48. The molecule has 0 bridgehead atoms. The van der Waals surface area contributed by atoms with E-state index in [1.54, 1.807) is 4.90 Å². The Bertz CT molecular complexity index is 229. The van der Waals surface area contributed by atoms with Crippen LogP contribution in [-0.2, 0) is 4.79 Å². The summed E-state index contributed by atoms with van der Waals surface area (Å²) in [7, 11) is 1.81. The predicted octanol–water partition coefficient (Wildman–Crippen LogP) is 1.66. The molecule has 1 fully saturated rings. The fourth-order valence-electron chi connectivity index (χ4n) is 2.02. The van der Waals surface area contributed by atoms with Crippen LogP contribution in [-0.4, -0.2) is 23.9 Å². The van der Waals surface area contributed by atoms with E-state index in [1.807, 2.05) is 7.05 Å². The maximum atomic E-state index is 11.2. The van der Waals surface area contributed by atoms with Gasteiger partial charge in [-0.2, -0.15) is 0 Å². The Morgan fingerprint density at radius 1 is 1.54 bits per heavy atom. The van der Waals surface area contributed by atoms with Gasteiger partial charge >= 0.3 is 0 Å². The van der Waals surface area contributed by atoms with E-state index in [9.17, 15) is 4.79 Å². The maximum absolute atomic E-state index is 11.2. The van der Waals surface area contributed by atoms with E-state index in [0.717, 1.165) is 18.8 Å². The highest BCUT2D eigenvalue weighted by Crippen LogP contribution is 2.26. The molecule has 0 aromatic carbocycles. The number of hydrogen-bond donors (Lipinski definition) is 0. The van der Waals surface area contributed by atoms with E-state index in [1.165, 1.54) is 12.8 Å². The van der Waals surface area contributed by atoms with Crippen molar-refractivity contribution in [3.8, 4) is 12.3 Å². The highest BCUT2D eigenvalue weighted by atomic mass is 16.2. The molecule has 1 aliphatic carbocycles. The van der Waals surface area contributed by atoms with Gasteiger partial charge in [0.25, 0.3) is 5.91 Å². The molecule has 1 aliphatic rings. The van der Waals surface area contributed by atoms with Gasteiger partial charge in [-0.1, -0.05) is 19.8 Å². The molecule has 0 radical (unpaired) electrons. The van der Waals surface area contributed by atoms with Crippen molar-refractivity contribution in [2.45, 2.75) is 38.6 Å². The molecule has 2 atom stereocenters. The summed E-state index contributed by atoms with van der Waals surface area (Å²) in [6.07, 6.45) is 9.78. The molecule has 1 rings (SSSR count). The van der Waals surface area contributed by atoms with Crippen molar-refractivity contribution in [2.75, 3.05) is 7.05 Å². The van der Waals surface area contributed by atoms with Crippen LogP contribution in [0.25, 0.3) is 0 Å². The van der Waals surface area contributed by atoms with Gasteiger partial charge in [-0.05, 0) is 24.7 Å². The number of amides is 1. The molecule has 0 saturated heterocycles. The Balaban J connectivity index is 2.51. The number of carbonyl (C=O) groups is 1. The van der Waals surface area contributed by atoms with Crippen LogP contribution in [0.2, 0.25) is 0 Å². The van der Waals surface area contributed by atoms with Crippen LogP contribution in [0.15, 0.2) is 0 Å². The summed E-state index contributed by atoms with van der Waals surface area (Å²) in [6.45, 7) is 2.24. The van der Waals surface area contributed by atoms with Gasteiger partial charge < -0.3 is 4.90 Å². The fourth-order valence-corrected chi connectivity index (χ4v) is 2.02. The van der Waals surface area contributed by atoms with E-state index in [4.69, 9.17) is 6.42 Å². The molecule has 0 heterocycles. The minimum absolute atomic E-state index is 0.181. The van der Waals surface area contributed by atoms with Crippen LogP contribution in [0.1, 0.15) is 32.6 Å². The average Bonchev–Trinajstić information content (AvgIpc) is 2.15. The molecular weight excluding hydrogens is 162 g/mol. The number of rotatable bonds is 1. The second-order valence-corrected chi connectivity index (χ2v) is 3.99. The van der Waals surface area contributed by atoms with Gasteiger partial charge in [-0.3, -0.25) is 4.79 Å². The number of hydrogen-bond acceptors (Lipinski definition) is 1. The molecular formula is C11H17NO. The summed E-state index contributed by atoms with van der Waals surface area (Å²) >= 11 is 0. The third-order valence-corrected chi connectivity index (χ3v) is 2.90. The Morgan fingerprint density at radius 2 is 2.23 bits per heavy atom. The van der Waals surface area contributed by atoms with Gasteiger partial charge in [0.2, 0.25) is 0 Å². The molecule has 1 saturated carbocycles. The highest BCUT2D eigenvalue weighted by molar-refractivity contribution is 5.92. The van der Waals surface area contributed by atoms with Crippen molar-refractivity contribution >= 4 is 5.91 Å². The van der Waals surface area contributed by atoms with E-state index in [-0.39, 0.29) is 5.91 Å². The molecule has 0 N–H and O–H groups in total. The van der Waals surface area contributed by atoms with Crippen molar-refractivity contribution in [3.05, 3.63) is 0 Å². The SMILES string of the molecule is C#CC(=O)N(C)C1CCCC(C)C1. The van der Waals surface area contributed by atoms with Crippen molar-refractivity contribution in [3.63, 3.8) is 0 Å². The van der Waals surface area contributed by atoms with Crippen molar-refractivity contribution in [1.82, 2.24) is 4.90 Å². The second kappa shape index (κ2) is 4.32. The highest BCUT2D eigenvalue weighted by Gasteiger charge is 2.24. The Hall–Kier alpha value is -0.970. The molecule has 72 valence electrons. The Labute approximate surface area is 80.3 Å². The molecule has 0 aromatic heterocycles. The number of terminal acetylenes is 1. The molecule has 0 aromatic rings. The average molecular weight is 179 g/mol. The van der Waals surface area contributed by atoms with E-state index >= 15 is 0 Å². The van der Waals surface area contributed by atoms with E-state index < -0.39 is 0 Å². The lowest BCUT2D eigenvalue weighted by Crippen LogP contribution is -2.39. The van der Waals surface area contributed by atoms with Gasteiger partial charge in [-0.25, -0.2) is 0 Å². The quantitative estimate of drug-likeness (QED) is 0.560. The molecule has 0 spiro atoms. The van der Waals surface area contributed by atoms with Gasteiger partial charge in [0.15, 0.2) is 0 Å². The molecule has 0 aliphatic heterocycles. The van der Waals surface area contributed by atoms with Gasteiger partial charge in [0.05, 0.1) is 0 Å². The van der Waals surface area contributed by atoms with Crippen LogP contribution in [0.4, 0.5) is 0 Å². The van der Waals surface area contributed by atoms with Crippen LogP contribution in [0, 0.1) is 18.3 Å². The summed E-state index contributed by atoms with van der Waals surface area (Å²) in [6, 6.07) is 0.368. The summed E-state index contributed by atoms with van der Waals surface area (Å²) in [5.41, 5.74) is 0. The van der Waals surface area contributed by atoms with Crippen molar-refractivity contribution in [1.29, 1.82) is 0 Å². The van der Waals surface area contributed by atoms with Crippen molar-refractivity contribution in [2.24, 2.45) is 5.92 Å². The largest absolute Gasteiger partial charge is 0.332 e. The van der Waals surface area contributed by atoms with Crippen LogP contribution >= 0.6 is 0 Å². The summed E-state index contributed by atoms with van der Waals surface area (Å²) in [5, 5.41) is 0. The predicted molar refractivity (Wildman–Crippen MR) is 53.0 cm³/mol. The van der Waals surface area contributed by atoms with E-state index in [2.05, 4.69) is 12.8 Å². The summed E-state index contributed by atoms with van der Waals surface area (Å²) in [5.74, 6) is 2.71. The zero-order chi connectivity index (χ0) is 9.84. The summed E-state index contributed by atoms with van der Waals surface area (Å²) < 4.78 is 0. The molecule has 2 unspecified atom stereocenters. The van der Waals surface area contributed by atoms with Crippen LogP contribution in [0.3, 0.4) is 0 Å². The standard InChI is InChI=1S/C11H17NO/c1-4-11(13)12(3)10-7-5-6-9(2)8-10/h1,9-10H,5-8H2,2-3H3. The van der Waals surface area contributed by atoms with Crippen molar-refractivity contribution < 1.29 is 4.79 Å². The zero-order valence-corrected chi connectivity index (χ0v) is 8.42. The Morgan fingerprint density at radius 3 is 2.77 bits per heavy atom. The smallest absolute Gasteiger partial charge is 0.298 e.